The zero-order valence-electron chi connectivity index (χ0n) is 13.4. The molecule has 0 aliphatic rings. The van der Waals surface area contributed by atoms with Gasteiger partial charge in [0.05, 0.1) is 11.4 Å². The minimum atomic E-state index is 0.708. The lowest BCUT2D eigenvalue weighted by molar-refractivity contribution is 0.582. The van der Waals surface area contributed by atoms with Crippen LogP contribution in [0.3, 0.4) is 0 Å². The first-order valence-corrected chi connectivity index (χ1v) is 7.02. The highest BCUT2D eigenvalue weighted by molar-refractivity contribution is 5.79. The molecule has 0 amide bonds. The van der Waals surface area contributed by atoms with Gasteiger partial charge in [-0.3, -0.25) is 4.99 Å². The molecule has 0 bridgehead atoms. The molecule has 1 heterocycles. The molecule has 0 spiro atoms. The van der Waals surface area contributed by atoms with Crippen molar-refractivity contribution in [3.63, 3.8) is 0 Å². The molecule has 1 aromatic carbocycles. The number of hydrogen-bond acceptors (Lipinski definition) is 2. The largest absolute Gasteiger partial charge is 0.352 e. The van der Waals surface area contributed by atoms with E-state index in [1.165, 1.54) is 5.56 Å². The van der Waals surface area contributed by atoms with E-state index in [4.69, 9.17) is 0 Å². The lowest BCUT2D eigenvalue weighted by atomic mass is 10.1. The Labute approximate surface area is 126 Å². The Hall–Kier alpha value is -2.30. The van der Waals surface area contributed by atoms with Crippen molar-refractivity contribution in [1.82, 2.24) is 20.0 Å². The van der Waals surface area contributed by atoms with Crippen molar-refractivity contribution in [3.05, 3.63) is 47.3 Å². The highest BCUT2D eigenvalue weighted by Crippen LogP contribution is 2.16. The summed E-state index contributed by atoms with van der Waals surface area (Å²) in [6.45, 7) is 4.79. The average molecular weight is 285 g/mol. The normalized spacial score (nSPS) is 11.6. The van der Waals surface area contributed by atoms with Gasteiger partial charge in [0.1, 0.15) is 0 Å². The van der Waals surface area contributed by atoms with Crippen LogP contribution in [0, 0.1) is 13.8 Å². The third-order valence-electron chi connectivity index (χ3n) is 3.30. The number of aromatic nitrogens is 2. The molecular formula is C16H23N5. The van der Waals surface area contributed by atoms with Gasteiger partial charge in [-0.15, -0.1) is 0 Å². The number of guanidine groups is 1. The zero-order valence-corrected chi connectivity index (χ0v) is 13.4. The van der Waals surface area contributed by atoms with Crippen molar-refractivity contribution < 1.29 is 0 Å². The van der Waals surface area contributed by atoms with Gasteiger partial charge in [-0.1, -0.05) is 18.2 Å². The second-order valence-corrected chi connectivity index (χ2v) is 5.26. The van der Waals surface area contributed by atoms with E-state index < -0.39 is 0 Å². The van der Waals surface area contributed by atoms with Crippen LogP contribution in [0.1, 0.15) is 17.0 Å². The minimum Gasteiger partial charge on any atom is -0.352 e. The molecule has 21 heavy (non-hydrogen) atoms. The summed E-state index contributed by atoms with van der Waals surface area (Å²) in [6, 6.07) is 10.4. The first kappa shape index (κ1) is 15.1. The Balaban J connectivity index is 2.28. The van der Waals surface area contributed by atoms with Crippen molar-refractivity contribution in [2.24, 2.45) is 4.99 Å². The molecule has 112 valence electrons. The fourth-order valence-electron chi connectivity index (χ4n) is 2.35. The smallest absolute Gasteiger partial charge is 0.193 e. The van der Waals surface area contributed by atoms with Crippen molar-refractivity contribution in [2.75, 3.05) is 21.1 Å². The molecule has 1 aromatic heterocycles. The van der Waals surface area contributed by atoms with E-state index in [1.807, 2.05) is 42.7 Å². The summed E-state index contributed by atoms with van der Waals surface area (Å²) in [5, 5.41) is 7.93. The number of nitrogens with zero attached hydrogens (tertiary/aromatic N) is 4. The Bertz CT molecular complexity index is 640. The first-order valence-electron chi connectivity index (χ1n) is 7.02. The Morgan fingerprint density at radius 2 is 2.00 bits per heavy atom. The molecular weight excluding hydrogens is 262 g/mol. The third kappa shape index (κ3) is 3.42. The molecule has 2 aromatic rings. The molecule has 2 rings (SSSR count). The van der Waals surface area contributed by atoms with E-state index in [0.29, 0.717) is 6.54 Å². The predicted molar refractivity (Wildman–Crippen MR) is 86.9 cm³/mol. The topological polar surface area (TPSA) is 45.5 Å². The van der Waals surface area contributed by atoms with Gasteiger partial charge in [0.25, 0.3) is 0 Å². The highest BCUT2D eigenvalue weighted by atomic mass is 15.3. The number of aryl methyl sites for hydroxylation is 2. The quantitative estimate of drug-likeness (QED) is 0.694. The third-order valence-corrected chi connectivity index (χ3v) is 3.30. The van der Waals surface area contributed by atoms with Crippen molar-refractivity contribution in [3.8, 4) is 5.69 Å². The maximum Gasteiger partial charge on any atom is 0.193 e. The van der Waals surface area contributed by atoms with Crippen LogP contribution in [-0.2, 0) is 6.54 Å². The minimum absolute atomic E-state index is 0.708. The van der Waals surface area contributed by atoms with Crippen molar-refractivity contribution >= 4 is 5.96 Å². The van der Waals surface area contributed by atoms with E-state index >= 15 is 0 Å². The van der Waals surface area contributed by atoms with Crippen LogP contribution in [0.15, 0.2) is 35.3 Å². The molecule has 0 radical (unpaired) electrons. The van der Waals surface area contributed by atoms with E-state index in [0.717, 1.165) is 23.0 Å². The van der Waals surface area contributed by atoms with Gasteiger partial charge in [0.2, 0.25) is 0 Å². The maximum atomic E-state index is 4.57. The highest BCUT2D eigenvalue weighted by Gasteiger charge is 2.09. The van der Waals surface area contributed by atoms with E-state index in [9.17, 15) is 0 Å². The summed E-state index contributed by atoms with van der Waals surface area (Å²) in [7, 11) is 5.74. The van der Waals surface area contributed by atoms with Crippen LogP contribution in [0.4, 0.5) is 0 Å². The number of hydrogen-bond donors (Lipinski definition) is 1. The number of para-hydroxylation sites is 1. The van der Waals surface area contributed by atoms with E-state index in [1.54, 1.807) is 7.05 Å². The van der Waals surface area contributed by atoms with Gasteiger partial charge in [-0.05, 0) is 31.5 Å². The van der Waals surface area contributed by atoms with Gasteiger partial charge in [0.15, 0.2) is 5.96 Å². The fourth-order valence-corrected chi connectivity index (χ4v) is 2.35. The summed E-state index contributed by atoms with van der Waals surface area (Å²) in [6.07, 6.45) is 0. The number of rotatable bonds is 3. The number of benzene rings is 1. The Kier molecular flexibility index (Phi) is 4.62. The second-order valence-electron chi connectivity index (χ2n) is 5.26. The standard InChI is InChI=1S/C16H23N5/c1-12-10-13(2)21(19-12)15-9-7-6-8-14(15)11-18-16(17-3)20(4)5/h6-10H,11H2,1-5H3,(H,17,18). The zero-order chi connectivity index (χ0) is 15.4. The summed E-state index contributed by atoms with van der Waals surface area (Å²) in [5.41, 5.74) is 4.45. The Morgan fingerprint density at radius 1 is 1.29 bits per heavy atom. The second kappa shape index (κ2) is 6.43. The van der Waals surface area contributed by atoms with Gasteiger partial charge >= 0.3 is 0 Å². The Morgan fingerprint density at radius 3 is 2.57 bits per heavy atom. The number of nitrogens with one attached hydrogen (secondary N) is 1. The summed E-state index contributed by atoms with van der Waals surface area (Å²) >= 11 is 0. The molecule has 1 N–H and O–H groups in total. The summed E-state index contributed by atoms with van der Waals surface area (Å²) in [5.74, 6) is 0.859. The van der Waals surface area contributed by atoms with E-state index in [2.05, 4.69) is 40.5 Å². The van der Waals surface area contributed by atoms with Crippen molar-refractivity contribution in [2.45, 2.75) is 20.4 Å². The van der Waals surface area contributed by atoms with Crippen LogP contribution in [-0.4, -0.2) is 41.8 Å². The van der Waals surface area contributed by atoms with Crippen LogP contribution in [0.25, 0.3) is 5.69 Å². The van der Waals surface area contributed by atoms with Gasteiger partial charge in [-0.25, -0.2) is 4.68 Å². The molecule has 0 saturated carbocycles. The monoisotopic (exact) mass is 285 g/mol. The molecule has 0 atom stereocenters. The molecule has 0 saturated heterocycles. The maximum absolute atomic E-state index is 4.57. The number of aliphatic imine (C=N–C) groups is 1. The predicted octanol–water partition coefficient (Wildman–Crippen LogP) is 2.13. The average Bonchev–Trinajstić information content (AvgIpc) is 2.78. The van der Waals surface area contributed by atoms with Crippen LogP contribution in [0.2, 0.25) is 0 Å². The lowest BCUT2D eigenvalue weighted by Gasteiger charge is -2.18. The molecule has 5 nitrogen and oxygen atoms in total. The molecule has 0 unspecified atom stereocenters. The van der Waals surface area contributed by atoms with Gasteiger partial charge < -0.3 is 10.2 Å². The molecule has 0 fully saturated rings. The van der Waals surface area contributed by atoms with Crippen molar-refractivity contribution in [1.29, 1.82) is 0 Å². The summed E-state index contributed by atoms with van der Waals surface area (Å²) in [4.78, 5) is 6.20. The fraction of sp³-hybridized carbons (Fsp3) is 0.375. The van der Waals surface area contributed by atoms with E-state index in [-0.39, 0.29) is 0 Å². The molecule has 0 aliphatic carbocycles. The van der Waals surface area contributed by atoms with Gasteiger partial charge in [0, 0.05) is 33.4 Å². The summed E-state index contributed by atoms with van der Waals surface area (Å²) < 4.78 is 1.99. The SMILES string of the molecule is CN=C(NCc1ccccc1-n1nc(C)cc1C)N(C)C. The van der Waals surface area contributed by atoms with Gasteiger partial charge in [-0.2, -0.15) is 5.10 Å². The molecule has 0 aliphatic heterocycles. The van der Waals surface area contributed by atoms with Crippen LogP contribution >= 0.6 is 0 Å². The molecule has 5 heteroatoms. The first-order chi connectivity index (χ1) is 10.0. The van der Waals surface area contributed by atoms with Crippen LogP contribution in [0.5, 0.6) is 0 Å². The van der Waals surface area contributed by atoms with Crippen LogP contribution < -0.4 is 5.32 Å². The lowest BCUT2D eigenvalue weighted by Crippen LogP contribution is -2.36.